The summed E-state index contributed by atoms with van der Waals surface area (Å²) in [6.07, 6.45) is 0.810. The van der Waals surface area contributed by atoms with Crippen molar-refractivity contribution in [2.24, 2.45) is 0 Å². The van der Waals surface area contributed by atoms with Gasteiger partial charge in [-0.15, -0.1) is 0 Å². The van der Waals surface area contributed by atoms with E-state index in [0.717, 1.165) is 0 Å². The zero-order valence-electron chi connectivity index (χ0n) is 7.18. The molecule has 0 saturated carbocycles. The average molecular weight is 144 g/mol. The summed E-state index contributed by atoms with van der Waals surface area (Å²) in [5, 5.41) is 0. The van der Waals surface area contributed by atoms with Gasteiger partial charge in [0.2, 0.25) is 0 Å². The smallest absolute Gasteiger partial charge is 0.132 e. The monoisotopic (exact) mass is 144 g/mol. The minimum absolute atomic E-state index is 0.0671. The lowest BCUT2D eigenvalue weighted by atomic mass is 10.2. The summed E-state index contributed by atoms with van der Waals surface area (Å²) in [5.74, 6) is 0.188. The molecule has 0 heterocycles. The van der Waals surface area contributed by atoms with E-state index < -0.39 is 0 Å². The van der Waals surface area contributed by atoms with Crippen LogP contribution in [0.5, 0.6) is 0 Å². The van der Waals surface area contributed by atoms with Crippen molar-refractivity contribution in [1.29, 1.82) is 0 Å². The highest BCUT2D eigenvalue weighted by molar-refractivity contribution is 5.75. The molecule has 0 fully saturated rings. The number of hydrogen-bond acceptors (Lipinski definition) is 2. The van der Waals surface area contributed by atoms with Crippen molar-refractivity contribution < 1.29 is 9.53 Å². The SMILES string of the molecule is CC(=O)CC(C)OC(C)C. The molecule has 0 N–H and O–H groups in total. The van der Waals surface area contributed by atoms with Crippen molar-refractivity contribution in [3.8, 4) is 0 Å². The van der Waals surface area contributed by atoms with Crippen molar-refractivity contribution in [3.05, 3.63) is 0 Å². The molecule has 0 aromatic rings. The number of Topliss-reactive ketones (excluding diaryl/α,β-unsaturated/α-hetero) is 1. The first-order valence-electron chi connectivity index (χ1n) is 3.67. The third kappa shape index (κ3) is 5.76. The zero-order chi connectivity index (χ0) is 8.15. The molecule has 0 amide bonds. The Balaban J connectivity index is 3.43. The van der Waals surface area contributed by atoms with Crippen LogP contribution in [-0.4, -0.2) is 18.0 Å². The maximum atomic E-state index is 10.6. The maximum Gasteiger partial charge on any atom is 0.132 e. The van der Waals surface area contributed by atoms with Gasteiger partial charge in [0, 0.05) is 6.42 Å². The lowest BCUT2D eigenvalue weighted by Crippen LogP contribution is -2.16. The van der Waals surface area contributed by atoms with Gasteiger partial charge in [-0.1, -0.05) is 0 Å². The minimum atomic E-state index is 0.0671. The Morgan fingerprint density at radius 3 is 2.20 bits per heavy atom. The van der Waals surface area contributed by atoms with Crippen LogP contribution in [0.15, 0.2) is 0 Å². The summed E-state index contributed by atoms with van der Waals surface area (Å²) >= 11 is 0. The molecule has 2 heteroatoms. The van der Waals surface area contributed by atoms with Crippen LogP contribution < -0.4 is 0 Å². The van der Waals surface area contributed by atoms with E-state index in [4.69, 9.17) is 4.74 Å². The molecule has 0 aliphatic rings. The Labute approximate surface area is 62.6 Å². The van der Waals surface area contributed by atoms with Gasteiger partial charge in [0.1, 0.15) is 5.78 Å². The fourth-order valence-electron chi connectivity index (χ4n) is 0.918. The fourth-order valence-corrected chi connectivity index (χ4v) is 0.918. The minimum Gasteiger partial charge on any atom is -0.375 e. The Hall–Kier alpha value is -0.370. The number of carbonyl (C=O) groups is 1. The quantitative estimate of drug-likeness (QED) is 0.601. The molecule has 0 rings (SSSR count). The van der Waals surface area contributed by atoms with Gasteiger partial charge in [-0.2, -0.15) is 0 Å². The molecular weight excluding hydrogens is 128 g/mol. The molecule has 1 atom stereocenters. The topological polar surface area (TPSA) is 26.3 Å². The van der Waals surface area contributed by atoms with Crippen molar-refractivity contribution >= 4 is 5.78 Å². The highest BCUT2D eigenvalue weighted by atomic mass is 16.5. The second-order valence-electron chi connectivity index (χ2n) is 2.90. The lowest BCUT2D eigenvalue weighted by Gasteiger charge is -2.13. The number of ether oxygens (including phenoxy) is 1. The van der Waals surface area contributed by atoms with Crippen LogP contribution in [0.25, 0.3) is 0 Å². The molecule has 0 radical (unpaired) electrons. The van der Waals surface area contributed by atoms with Crippen molar-refractivity contribution in [2.75, 3.05) is 0 Å². The van der Waals surface area contributed by atoms with Crippen LogP contribution in [0.3, 0.4) is 0 Å². The second kappa shape index (κ2) is 4.45. The van der Waals surface area contributed by atoms with Gasteiger partial charge in [-0.3, -0.25) is 4.79 Å². The van der Waals surface area contributed by atoms with Crippen LogP contribution in [0.1, 0.15) is 34.1 Å². The van der Waals surface area contributed by atoms with Crippen LogP contribution in [-0.2, 0) is 9.53 Å². The van der Waals surface area contributed by atoms with E-state index in [-0.39, 0.29) is 18.0 Å². The molecule has 1 unspecified atom stereocenters. The summed E-state index contributed by atoms with van der Waals surface area (Å²) in [7, 11) is 0. The van der Waals surface area contributed by atoms with Gasteiger partial charge < -0.3 is 4.74 Å². The molecule has 0 aliphatic carbocycles. The van der Waals surface area contributed by atoms with Crippen molar-refractivity contribution in [2.45, 2.75) is 46.3 Å². The average Bonchev–Trinajstić information content (AvgIpc) is 1.58. The summed E-state index contributed by atoms with van der Waals surface area (Å²) in [6.45, 7) is 7.44. The molecule has 60 valence electrons. The normalized spacial score (nSPS) is 13.7. The van der Waals surface area contributed by atoms with E-state index in [1.165, 1.54) is 0 Å². The third-order valence-electron chi connectivity index (χ3n) is 1.08. The van der Waals surface area contributed by atoms with Gasteiger partial charge in [0.25, 0.3) is 0 Å². The highest BCUT2D eigenvalue weighted by Gasteiger charge is 2.06. The van der Waals surface area contributed by atoms with E-state index >= 15 is 0 Å². The zero-order valence-corrected chi connectivity index (χ0v) is 7.18. The first-order valence-corrected chi connectivity index (χ1v) is 3.67. The van der Waals surface area contributed by atoms with Crippen LogP contribution in [0.2, 0.25) is 0 Å². The van der Waals surface area contributed by atoms with Gasteiger partial charge >= 0.3 is 0 Å². The molecule has 0 bridgehead atoms. The highest BCUT2D eigenvalue weighted by Crippen LogP contribution is 2.01. The van der Waals surface area contributed by atoms with Crippen LogP contribution >= 0.6 is 0 Å². The molecule has 0 saturated heterocycles. The maximum absolute atomic E-state index is 10.6. The van der Waals surface area contributed by atoms with Gasteiger partial charge in [-0.25, -0.2) is 0 Å². The van der Waals surface area contributed by atoms with Gasteiger partial charge in [-0.05, 0) is 27.7 Å². The predicted octanol–water partition coefficient (Wildman–Crippen LogP) is 1.78. The lowest BCUT2D eigenvalue weighted by molar-refractivity contribution is -0.120. The number of rotatable bonds is 4. The second-order valence-corrected chi connectivity index (χ2v) is 2.90. The van der Waals surface area contributed by atoms with E-state index in [2.05, 4.69) is 0 Å². The van der Waals surface area contributed by atoms with Crippen molar-refractivity contribution in [3.63, 3.8) is 0 Å². The summed E-state index contributed by atoms with van der Waals surface area (Å²) in [5.41, 5.74) is 0. The molecule has 0 aliphatic heterocycles. The van der Waals surface area contributed by atoms with E-state index in [0.29, 0.717) is 6.42 Å². The Morgan fingerprint density at radius 1 is 1.40 bits per heavy atom. The largest absolute Gasteiger partial charge is 0.375 e. The van der Waals surface area contributed by atoms with Crippen LogP contribution in [0, 0.1) is 0 Å². The van der Waals surface area contributed by atoms with Gasteiger partial charge in [0.15, 0.2) is 0 Å². The Bertz CT molecular complexity index is 108. The number of hydrogen-bond donors (Lipinski definition) is 0. The Morgan fingerprint density at radius 2 is 1.90 bits per heavy atom. The fraction of sp³-hybridized carbons (Fsp3) is 0.875. The third-order valence-corrected chi connectivity index (χ3v) is 1.08. The molecule has 0 aromatic carbocycles. The summed E-state index contributed by atoms with van der Waals surface area (Å²) in [6, 6.07) is 0. The first kappa shape index (κ1) is 9.63. The van der Waals surface area contributed by atoms with E-state index in [1.54, 1.807) is 6.92 Å². The molecule has 0 spiro atoms. The number of carbonyl (C=O) groups excluding carboxylic acids is 1. The molecule has 10 heavy (non-hydrogen) atoms. The summed E-state index contributed by atoms with van der Waals surface area (Å²) in [4.78, 5) is 10.6. The standard InChI is InChI=1S/C8H16O2/c1-6(2)10-8(4)5-7(3)9/h6,8H,5H2,1-4H3. The van der Waals surface area contributed by atoms with Crippen molar-refractivity contribution in [1.82, 2.24) is 0 Å². The van der Waals surface area contributed by atoms with E-state index in [9.17, 15) is 4.79 Å². The van der Waals surface area contributed by atoms with Gasteiger partial charge in [0.05, 0.1) is 12.2 Å². The van der Waals surface area contributed by atoms with E-state index in [1.807, 2.05) is 20.8 Å². The molecule has 2 nitrogen and oxygen atoms in total. The van der Waals surface area contributed by atoms with Crippen LogP contribution in [0.4, 0.5) is 0 Å². The number of ketones is 1. The Kier molecular flexibility index (Phi) is 4.28. The molecular formula is C8H16O2. The first-order chi connectivity index (χ1) is 4.52. The predicted molar refractivity (Wildman–Crippen MR) is 41.0 cm³/mol. The molecule has 0 aromatic heterocycles. The summed E-state index contributed by atoms with van der Waals surface area (Å²) < 4.78 is 5.34.